The van der Waals surface area contributed by atoms with Gasteiger partial charge in [0, 0.05) is 0 Å². The lowest BCUT2D eigenvalue weighted by atomic mass is 9.62. The predicted molar refractivity (Wildman–Crippen MR) is 71.0 cm³/mol. The fraction of sp³-hybridized carbons (Fsp3) is 1.00. The van der Waals surface area contributed by atoms with E-state index in [1.807, 2.05) is 0 Å². The van der Waals surface area contributed by atoms with E-state index in [1.54, 1.807) is 0 Å². The SMILES string of the molecule is [B]C1CCCCCC([B]C)CCCCC1. The van der Waals surface area contributed by atoms with Crippen LogP contribution in [0.15, 0.2) is 0 Å². The summed E-state index contributed by atoms with van der Waals surface area (Å²) in [7, 11) is 8.48. The molecule has 0 aromatic heterocycles. The zero-order valence-corrected chi connectivity index (χ0v) is 10.4. The van der Waals surface area contributed by atoms with Gasteiger partial charge in [-0.1, -0.05) is 82.7 Å². The Balaban J connectivity index is 2.23. The molecule has 1 saturated carbocycles. The van der Waals surface area contributed by atoms with Gasteiger partial charge in [0.2, 0.25) is 0 Å². The van der Waals surface area contributed by atoms with Crippen molar-refractivity contribution in [3.8, 4) is 0 Å². The van der Waals surface area contributed by atoms with Crippen LogP contribution in [0.2, 0.25) is 18.5 Å². The minimum atomic E-state index is 0.484. The second-order valence-corrected chi connectivity index (χ2v) is 5.13. The molecule has 0 aromatic carbocycles. The molecule has 3 radical (unpaired) electrons. The molecule has 1 rings (SSSR count). The van der Waals surface area contributed by atoms with Gasteiger partial charge < -0.3 is 0 Å². The van der Waals surface area contributed by atoms with Crippen LogP contribution in [-0.2, 0) is 0 Å². The van der Waals surface area contributed by atoms with Crippen molar-refractivity contribution in [2.24, 2.45) is 0 Å². The number of hydrogen-bond acceptors (Lipinski definition) is 0. The molecule has 0 amide bonds. The zero-order chi connectivity index (χ0) is 10.9. The summed E-state index contributed by atoms with van der Waals surface area (Å²) in [6, 6.07) is 0. The van der Waals surface area contributed by atoms with E-state index >= 15 is 0 Å². The molecular weight excluding hydrogens is 178 g/mol. The quantitative estimate of drug-likeness (QED) is 0.554. The molecule has 0 nitrogen and oxygen atoms in total. The molecule has 0 aliphatic heterocycles. The highest BCUT2D eigenvalue weighted by Crippen LogP contribution is 2.26. The van der Waals surface area contributed by atoms with Crippen molar-refractivity contribution >= 4 is 15.1 Å². The summed E-state index contributed by atoms with van der Waals surface area (Å²) in [6.45, 7) is 2.23. The van der Waals surface area contributed by atoms with E-state index in [-0.39, 0.29) is 0 Å². The second kappa shape index (κ2) is 8.30. The fourth-order valence-corrected chi connectivity index (χ4v) is 2.60. The van der Waals surface area contributed by atoms with Gasteiger partial charge in [-0.15, -0.1) is 0 Å². The van der Waals surface area contributed by atoms with Crippen LogP contribution < -0.4 is 0 Å². The van der Waals surface area contributed by atoms with Crippen molar-refractivity contribution in [3.05, 3.63) is 0 Å². The first-order valence-corrected chi connectivity index (χ1v) is 6.88. The lowest BCUT2D eigenvalue weighted by Crippen LogP contribution is -2.02. The molecule has 1 aliphatic rings. The molecule has 0 spiro atoms. The molecule has 1 aliphatic carbocycles. The van der Waals surface area contributed by atoms with Crippen molar-refractivity contribution < 1.29 is 0 Å². The van der Waals surface area contributed by atoms with Crippen molar-refractivity contribution in [2.45, 2.75) is 82.7 Å². The maximum absolute atomic E-state index is 6.06. The summed E-state index contributed by atoms with van der Waals surface area (Å²) in [5.41, 5.74) is 0. The van der Waals surface area contributed by atoms with E-state index in [9.17, 15) is 0 Å². The highest BCUT2D eigenvalue weighted by atomic mass is 14.1. The lowest BCUT2D eigenvalue weighted by Gasteiger charge is -2.17. The molecule has 2 heteroatoms. The maximum Gasteiger partial charge on any atom is 0.110 e. The van der Waals surface area contributed by atoms with Crippen LogP contribution in [0.5, 0.6) is 0 Å². The van der Waals surface area contributed by atoms with Crippen LogP contribution in [0.3, 0.4) is 0 Å². The minimum absolute atomic E-state index is 0.484. The third-order valence-corrected chi connectivity index (χ3v) is 3.77. The third-order valence-electron chi connectivity index (χ3n) is 3.77. The normalized spacial score (nSPS) is 31.3. The first-order chi connectivity index (χ1) is 7.33. The highest BCUT2D eigenvalue weighted by molar-refractivity contribution is 6.35. The van der Waals surface area contributed by atoms with Crippen molar-refractivity contribution in [3.63, 3.8) is 0 Å². The Morgan fingerprint density at radius 3 is 1.73 bits per heavy atom. The van der Waals surface area contributed by atoms with E-state index in [0.717, 1.165) is 5.82 Å². The maximum atomic E-state index is 6.06. The Hall–Kier alpha value is 0.130. The molecule has 15 heavy (non-hydrogen) atoms. The predicted octanol–water partition coefficient (Wildman–Crippen LogP) is 4.40. The fourth-order valence-electron chi connectivity index (χ4n) is 2.60. The molecular formula is C13H25B2. The number of hydrogen-bond donors (Lipinski definition) is 0. The van der Waals surface area contributed by atoms with E-state index in [4.69, 9.17) is 7.85 Å². The van der Waals surface area contributed by atoms with Gasteiger partial charge in [0.1, 0.15) is 7.28 Å². The van der Waals surface area contributed by atoms with Gasteiger partial charge in [0.15, 0.2) is 0 Å². The summed E-state index contributed by atoms with van der Waals surface area (Å²) in [6.07, 6.45) is 13.6. The van der Waals surface area contributed by atoms with Crippen LogP contribution in [-0.4, -0.2) is 15.1 Å². The van der Waals surface area contributed by atoms with Crippen molar-refractivity contribution in [1.82, 2.24) is 0 Å². The van der Waals surface area contributed by atoms with Crippen LogP contribution in [0.4, 0.5) is 0 Å². The summed E-state index contributed by atoms with van der Waals surface area (Å²) in [5.74, 6) is 1.37. The average Bonchev–Trinajstić information content (AvgIpc) is 2.23. The van der Waals surface area contributed by atoms with Gasteiger partial charge in [-0.2, -0.15) is 0 Å². The largest absolute Gasteiger partial charge is 0.110 e. The molecule has 1 fully saturated rings. The zero-order valence-electron chi connectivity index (χ0n) is 10.4. The third kappa shape index (κ3) is 6.33. The Labute approximate surface area is 98.3 Å². The molecule has 0 bridgehead atoms. The van der Waals surface area contributed by atoms with E-state index in [1.165, 1.54) is 64.2 Å². The van der Waals surface area contributed by atoms with E-state index in [2.05, 4.69) is 14.1 Å². The molecule has 0 unspecified atom stereocenters. The van der Waals surface area contributed by atoms with Gasteiger partial charge in [0.25, 0.3) is 0 Å². The van der Waals surface area contributed by atoms with Crippen LogP contribution in [0.1, 0.15) is 64.2 Å². The lowest BCUT2D eigenvalue weighted by molar-refractivity contribution is 0.502. The molecule has 0 saturated heterocycles. The van der Waals surface area contributed by atoms with Crippen LogP contribution in [0.25, 0.3) is 0 Å². The van der Waals surface area contributed by atoms with Crippen molar-refractivity contribution in [1.29, 1.82) is 0 Å². The molecule has 0 atom stereocenters. The van der Waals surface area contributed by atoms with Gasteiger partial charge in [-0.3, -0.25) is 0 Å². The Morgan fingerprint density at radius 2 is 1.27 bits per heavy atom. The molecule has 0 aromatic rings. The summed E-state index contributed by atoms with van der Waals surface area (Å²) < 4.78 is 0. The average molecular weight is 203 g/mol. The summed E-state index contributed by atoms with van der Waals surface area (Å²) in [5, 5.41) is 0. The first-order valence-electron chi connectivity index (χ1n) is 6.88. The van der Waals surface area contributed by atoms with Gasteiger partial charge in [0.05, 0.1) is 7.85 Å². The molecule has 83 valence electrons. The summed E-state index contributed by atoms with van der Waals surface area (Å²) >= 11 is 0. The van der Waals surface area contributed by atoms with Crippen LogP contribution in [0, 0.1) is 0 Å². The topological polar surface area (TPSA) is 0 Å². The standard InChI is InChI=1S/C13H25B2/c1-15-13-10-6-2-4-8-12(14)9-5-3-7-11-13/h12-13H,2-11H2,1H3. The Morgan fingerprint density at radius 1 is 0.800 bits per heavy atom. The molecule has 0 N–H and O–H groups in total. The first kappa shape index (κ1) is 13.2. The Bertz CT molecular complexity index is 133. The van der Waals surface area contributed by atoms with E-state index < -0.39 is 0 Å². The van der Waals surface area contributed by atoms with E-state index in [0.29, 0.717) is 5.82 Å². The van der Waals surface area contributed by atoms with Crippen molar-refractivity contribution in [2.75, 3.05) is 0 Å². The van der Waals surface area contributed by atoms with Gasteiger partial charge in [-0.25, -0.2) is 0 Å². The minimum Gasteiger partial charge on any atom is -0.0917 e. The second-order valence-electron chi connectivity index (χ2n) is 5.13. The Kier molecular flexibility index (Phi) is 7.30. The summed E-state index contributed by atoms with van der Waals surface area (Å²) in [4.78, 5) is 0. The monoisotopic (exact) mass is 203 g/mol. The number of rotatable bonds is 1. The smallest absolute Gasteiger partial charge is 0.0917 e. The highest BCUT2D eigenvalue weighted by Gasteiger charge is 2.09. The molecule has 0 heterocycles. The van der Waals surface area contributed by atoms with Gasteiger partial charge >= 0.3 is 0 Å². The van der Waals surface area contributed by atoms with Gasteiger partial charge in [-0.05, 0) is 0 Å². The van der Waals surface area contributed by atoms with Crippen LogP contribution >= 0.6 is 0 Å².